The summed E-state index contributed by atoms with van der Waals surface area (Å²) in [6.45, 7) is 2.58. The molecular weight excluding hydrogens is 389 g/mol. The fourth-order valence-corrected chi connectivity index (χ4v) is 3.20. The predicted octanol–water partition coefficient (Wildman–Crippen LogP) is 4.65. The van der Waals surface area contributed by atoms with E-state index in [4.69, 9.17) is 27.9 Å². The molecular formula is C20H23Cl2NO4. The molecule has 0 radical (unpaired) electrons. The third-order valence-corrected chi connectivity index (χ3v) is 5.00. The van der Waals surface area contributed by atoms with Crippen molar-refractivity contribution in [3.05, 3.63) is 39.4 Å². The lowest BCUT2D eigenvalue weighted by Gasteiger charge is -2.13. The molecule has 0 bridgehead atoms. The molecule has 5 nitrogen and oxygen atoms in total. The Kier molecular flexibility index (Phi) is 8.32. The highest BCUT2D eigenvalue weighted by molar-refractivity contribution is 6.42. The molecule has 1 aromatic carbocycles. The summed E-state index contributed by atoms with van der Waals surface area (Å²) in [5.41, 5.74) is 1.20. The topological polar surface area (TPSA) is 63.7 Å². The fraction of sp³-hybridized carbons (Fsp3) is 0.450. The first-order valence-corrected chi connectivity index (χ1v) is 9.84. The van der Waals surface area contributed by atoms with Gasteiger partial charge in [0.05, 0.1) is 23.1 Å². The molecule has 7 heteroatoms. The zero-order valence-corrected chi connectivity index (χ0v) is 16.8. The highest BCUT2D eigenvalue weighted by Gasteiger charge is 2.33. The Morgan fingerprint density at radius 1 is 1.15 bits per heavy atom. The van der Waals surface area contributed by atoms with E-state index in [-0.39, 0.29) is 24.2 Å². The maximum atomic E-state index is 12.5. The van der Waals surface area contributed by atoms with Crippen LogP contribution >= 0.6 is 23.2 Å². The van der Waals surface area contributed by atoms with Crippen LogP contribution in [0.4, 0.5) is 0 Å². The van der Waals surface area contributed by atoms with Crippen LogP contribution in [0, 0.1) is 0 Å². The first kappa shape index (κ1) is 21.5. The van der Waals surface area contributed by atoms with Crippen molar-refractivity contribution in [2.45, 2.75) is 45.4 Å². The number of nitrogens with zero attached hydrogens (tertiary/aromatic N) is 1. The van der Waals surface area contributed by atoms with E-state index in [2.05, 4.69) is 0 Å². The smallest absolute Gasteiger partial charge is 0.305 e. The van der Waals surface area contributed by atoms with Gasteiger partial charge >= 0.3 is 5.97 Å². The minimum Gasteiger partial charge on any atom is -0.466 e. The van der Waals surface area contributed by atoms with E-state index in [1.54, 1.807) is 31.2 Å². The quantitative estimate of drug-likeness (QED) is 0.256. The number of rotatable bonds is 9. The third kappa shape index (κ3) is 6.36. The monoisotopic (exact) mass is 411 g/mol. The minimum atomic E-state index is -0.252. The number of carbonyl (C=O) groups is 3. The fourth-order valence-electron chi connectivity index (χ4n) is 2.89. The molecule has 0 unspecified atom stereocenters. The van der Waals surface area contributed by atoms with Crippen molar-refractivity contribution in [2.75, 3.05) is 13.2 Å². The van der Waals surface area contributed by atoms with Crippen molar-refractivity contribution in [3.63, 3.8) is 0 Å². The van der Waals surface area contributed by atoms with Crippen LogP contribution in [-0.4, -0.2) is 35.8 Å². The highest BCUT2D eigenvalue weighted by atomic mass is 35.5. The molecule has 1 aromatic rings. The van der Waals surface area contributed by atoms with Crippen molar-refractivity contribution in [3.8, 4) is 0 Å². The standard InChI is InChI=1S/C20H23Cl2NO4/c1-2-27-19(25)7-5-3-4-6-10-23-18(24)13-15(20(23)26)11-14-8-9-16(21)17(22)12-14/h8-9,11-12H,2-7,10,13H2,1H3/b15-11+. The summed E-state index contributed by atoms with van der Waals surface area (Å²) >= 11 is 11.9. The zero-order chi connectivity index (χ0) is 19.8. The maximum Gasteiger partial charge on any atom is 0.305 e. The number of likely N-dealkylation sites (tertiary alicyclic amines) is 1. The summed E-state index contributed by atoms with van der Waals surface area (Å²) in [5.74, 6) is -0.616. The summed E-state index contributed by atoms with van der Waals surface area (Å²) in [4.78, 5) is 37.2. The number of unbranched alkanes of at least 4 members (excludes halogenated alkanes) is 3. The lowest BCUT2D eigenvalue weighted by molar-refractivity contribution is -0.143. The van der Waals surface area contributed by atoms with Crippen molar-refractivity contribution in [1.29, 1.82) is 0 Å². The summed E-state index contributed by atoms with van der Waals surface area (Å²) in [6, 6.07) is 5.08. The van der Waals surface area contributed by atoms with Crippen LogP contribution in [0.3, 0.4) is 0 Å². The number of ether oxygens (including phenoxy) is 1. The average molecular weight is 412 g/mol. The second kappa shape index (κ2) is 10.5. The molecule has 0 atom stereocenters. The Morgan fingerprint density at radius 2 is 1.89 bits per heavy atom. The molecule has 27 heavy (non-hydrogen) atoms. The van der Waals surface area contributed by atoms with Gasteiger partial charge in [0.1, 0.15) is 0 Å². The van der Waals surface area contributed by atoms with Gasteiger partial charge in [-0.2, -0.15) is 0 Å². The van der Waals surface area contributed by atoms with E-state index < -0.39 is 0 Å². The lowest BCUT2D eigenvalue weighted by Crippen LogP contribution is -2.30. The SMILES string of the molecule is CCOC(=O)CCCCCCN1C(=O)C/C(=C\c2ccc(Cl)c(Cl)c2)C1=O. The molecule has 1 aliphatic heterocycles. The summed E-state index contributed by atoms with van der Waals surface area (Å²) in [5, 5.41) is 0.847. The Bertz CT molecular complexity index is 745. The van der Waals surface area contributed by atoms with Gasteiger partial charge in [0.15, 0.2) is 0 Å². The number of carbonyl (C=O) groups excluding carboxylic acids is 3. The Hall–Kier alpha value is -1.85. The average Bonchev–Trinajstić information content (AvgIpc) is 2.88. The summed E-state index contributed by atoms with van der Waals surface area (Å²) < 4.78 is 4.87. The number of benzene rings is 1. The Labute approximate surface area is 169 Å². The largest absolute Gasteiger partial charge is 0.466 e. The summed E-state index contributed by atoms with van der Waals surface area (Å²) in [7, 11) is 0. The van der Waals surface area contributed by atoms with Crippen molar-refractivity contribution < 1.29 is 19.1 Å². The van der Waals surface area contributed by atoms with E-state index in [9.17, 15) is 14.4 Å². The molecule has 2 amide bonds. The van der Waals surface area contributed by atoms with Gasteiger partial charge in [-0.1, -0.05) is 42.1 Å². The molecule has 0 aromatic heterocycles. The highest BCUT2D eigenvalue weighted by Crippen LogP contribution is 2.26. The van der Waals surface area contributed by atoms with Crippen LogP contribution in [0.5, 0.6) is 0 Å². The summed E-state index contributed by atoms with van der Waals surface area (Å²) in [6.07, 6.45) is 5.38. The molecule has 1 aliphatic rings. The molecule has 0 saturated carbocycles. The normalized spacial score (nSPS) is 15.7. The third-order valence-electron chi connectivity index (χ3n) is 4.27. The van der Waals surface area contributed by atoms with Crippen LogP contribution in [-0.2, 0) is 19.1 Å². The molecule has 0 N–H and O–H groups in total. The van der Waals surface area contributed by atoms with Crippen molar-refractivity contribution in [2.24, 2.45) is 0 Å². The van der Waals surface area contributed by atoms with E-state index in [1.807, 2.05) is 0 Å². The zero-order valence-electron chi connectivity index (χ0n) is 15.3. The van der Waals surface area contributed by atoms with E-state index in [1.165, 1.54) is 4.90 Å². The number of hydrogen-bond acceptors (Lipinski definition) is 4. The minimum absolute atomic E-state index is 0.0991. The van der Waals surface area contributed by atoms with Crippen molar-refractivity contribution >= 4 is 47.1 Å². The maximum absolute atomic E-state index is 12.5. The molecule has 146 valence electrons. The molecule has 1 heterocycles. The number of hydrogen-bond donors (Lipinski definition) is 0. The second-order valence-electron chi connectivity index (χ2n) is 6.34. The first-order valence-electron chi connectivity index (χ1n) is 9.08. The van der Waals surface area contributed by atoms with Crippen LogP contribution in [0.2, 0.25) is 10.0 Å². The first-order chi connectivity index (χ1) is 12.9. The van der Waals surface area contributed by atoms with Crippen LogP contribution in [0.25, 0.3) is 6.08 Å². The predicted molar refractivity (Wildman–Crippen MR) is 105 cm³/mol. The lowest BCUT2D eigenvalue weighted by atomic mass is 10.1. The van der Waals surface area contributed by atoms with Gasteiger partial charge in [-0.3, -0.25) is 19.3 Å². The van der Waals surface area contributed by atoms with E-state index in [0.717, 1.165) is 31.2 Å². The van der Waals surface area contributed by atoms with Crippen molar-refractivity contribution in [1.82, 2.24) is 4.90 Å². The van der Waals surface area contributed by atoms with Gasteiger partial charge in [-0.05, 0) is 43.5 Å². The molecule has 0 aliphatic carbocycles. The van der Waals surface area contributed by atoms with Gasteiger partial charge in [0, 0.05) is 18.5 Å². The second-order valence-corrected chi connectivity index (χ2v) is 7.15. The van der Waals surface area contributed by atoms with Gasteiger partial charge in [0.2, 0.25) is 5.91 Å². The number of esters is 1. The number of halogens is 2. The van der Waals surface area contributed by atoms with E-state index in [0.29, 0.717) is 35.2 Å². The van der Waals surface area contributed by atoms with Crippen LogP contribution in [0.15, 0.2) is 23.8 Å². The van der Waals surface area contributed by atoms with Crippen LogP contribution in [0.1, 0.15) is 51.0 Å². The van der Waals surface area contributed by atoms with E-state index >= 15 is 0 Å². The Balaban J connectivity index is 1.81. The number of amides is 2. The van der Waals surface area contributed by atoms with Gasteiger partial charge < -0.3 is 4.74 Å². The van der Waals surface area contributed by atoms with Crippen LogP contribution < -0.4 is 0 Å². The van der Waals surface area contributed by atoms with Gasteiger partial charge in [-0.25, -0.2) is 0 Å². The molecule has 1 saturated heterocycles. The molecule has 2 rings (SSSR count). The van der Waals surface area contributed by atoms with Gasteiger partial charge in [-0.15, -0.1) is 0 Å². The molecule has 1 fully saturated rings. The molecule has 0 spiro atoms. The Morgan fingerprint density at radius 3 is 2.59 bits per heavy atom. The van der Waals surface area contributed by atoms with Gasteiger partial charge in [0.25, 0.3) is 5.91 Å². The number of imide groups is 1.